The number of carbonyl (C=O) groups is 2. The van der Waals surface area contributed by atoms with Gasteiger partial charge in [0.05, 0.1) is 6.04 Å². The van der Waals surface area contributed by atoms with Crippen LogP contribution >= 0.6 is 0 Å². The smallest absolute Gasteiger partial charge is 0.320 e. The molecule has 2 aliphatic rings. The number of urea groups is 1. The van der Waals surface area contributed by atoms with E-state index in [1.807, 2.05) is 65.5 Å². The van der Waals surface area contributed by atoms with Crippen molar-refractivity contribution in [2.45, 2.75) is 37.8 Å². The van der Waals surface area contributed by atoms with Crippen molar-refractivity contribution in [3.05, 3.63) is 90.3 Å². The van der Waals surface area contributed by atoms with E-state index in [1.165, 1.54) is 5.56 Å². The van der Waals surface area contributed by atoms with Crippen LogP contribution in [0.4, 0.5) is 4.79 Å². The lowest BCUT2D eigenvalue weighted by Gasteiger charge is -2.27. The van der Waals surface area contributed by atoms with Gasteiger partial charge in [-0.3, -0.25) is 9.78 Å². The topological polar surface area (TPSA) is 68.8 Å². The summed E-state index contributed by atoms with van der Waals surface area (Å²) in [5, 5.41) is 3.63. The number of aryl methyl sites for hydroxylation is 1. The van der Waals surface area contributed by atoms with Gasteiger partial charge < -0.3 is 20.0 Å². The van der Waals surface area contributed by atoms with Gasteiger partial charge in [-0.1, -0.05) is 48.5 Å². The normalized spacial score (nSPS) is 19.1. The van der Waals surface area contributed by atoms with Gasteiger partial charge in [-0.05, 0) is 67.1 Å². The van der Waals surface area contributed by atoms with Crippen LogP contribution in [0.5, 0.6) is 0 Å². The monoisotopic (exact) mass is 511 g/mol. The van der Waals surface area contributed by atoms with Crippen molar-refractivity contribution in [2.24, 2.45) is 0 Å². The highest BCUT2D eigenvalue weighted by atomic mass is 16.2. The molecule has 0 bridgehead atoms. The summed E-state index contributed by atoms with van der Waals surface area (Å²) >= 11 is 0. The van der Waals surface area contributed by atoms with E-state index in [1.54, 1.807) is 11.1 Å². The van der Waals surface area contributed by atoms with Gasteiger partial charge in [0.25, 0.3) is 5.91 Å². The Kier molecular flexibility index (Phi) is 8.34. The summed E-state index contributed by atoms with van der Waals surface area (Å²) in [4.78, 5) is 36.2. The summed E-state index contributed by atoms with van der Waals surface area (Å²) in [6.07, 6.45) is 7.52. The van der Waals surface area contributed by atoms with E-state index < -0.39 is 0 Å². The minimum absolute atomic E-state index is 0.0111. The summed E-state index contributed by atoms with van der Waals surface area (Å²) in [6, 6.07) is 22.6. The maximum Gasteiger partial charge on any atom is 0.320 e. The molecule has 2 saturated heterocycles. The molecule has 0 spiro atoms. The fourth-order valence-electron chi connectivity index (χ4n) is 5.48. The Hall–Kier alpha value is -3.71. The zero-order chi connectivity index (χ0) is 26.3. The number of rotatable bonds is 8. The molecule has 3 aromatic rings. The molecule has 2 aromatic carbocycles. The lowest BCUT2D eigenvalue weighted by molar-refractivity contribution is 0.0735. The summed E-state index contributed by atoms with van der Waals surface area (Å²) in [5.41, 5.74) is 4.08. The molecule has 2 atom stereocenters. The van der Waals surface area contributed by atoms with Crippen LogP contribution in [0.3, 0.4) is 0 Å². The molecule has 3 heterocycles. The van der Waals surface area contributed by atoms with Crippen molar-refractivity contribution in [1.29, 1.82) is 0 Å². The zero-order valence-electron chi connectivity index (χ0n) is 22.1. The molecular formula is C31H37N5O2. The van der Waals surface area contributed by atoms with E-state index in [9.17, 15) is 9.59 Å². The summed E-state index contributed by atoms with van der Waals surface area (Å²) in [7, 11) is 1.85. The molecule has 7 heteroatoms. The molecule has 0 saturated carbocycles. The first kappa shape index (κ1) is 25.9. The Morgan fingerprint density at radius 2 is 1.68 bits per heavy atom. The van der Waals surface area contributed by atoms with E-state index in [0.717, 1.165) is 56.4 Å². The van der Waals surface area contributed by atoms with E-state index in [2.05, 4.69) is 34.6 Å². The molecule has 1 N–H and O–H groups in total. The summed E-state index contributed by atoms with van der Waals surface area (Å²) in [6.45, 7) is 3.77. The molecule has 5 rings (SSSR count). The Morgan fingerprint density at radius 1 is 0.921 bits per heavy atom. The molecule has 38 heavy (non-hydrogen) atoms. The largest absolute Gasteiger partial charge is 0.337 e. The molecule has 0 unspecified atom stereocenters. The van der Waals surface area contributed by atoms with Crippen LogP contribution in [0.1, 0.15) is 35.2 Å². The van der Waals surface area contributed by atoms with Crippen molar-refractivity contribution in [3.63, 3.8) is 0 Å². The second-order valence-corrected chi connectivity index (χ2v) is 10.4. The third-order valence-electron chi connectivity index (χ3n) is 7.81. The molecule has 1 aromatic heterocycles. The summed E-state index contributed by atoms with van der Waals surface area (Å²) < 4.78 is 0. The molecule has 198 valence electrons. The number of carbonyl (C=O) groups excluding carboxylic acids is 2. The predicted octanol–water partition coefficient (Wildman–Crippen LogP) is 4.31. The number of hydrogen-bond acceptors (Lipinski definition) is 4. The Bertz CT molecular complexity index is 1200. The highest BCUT2D eigenvalue weighted by Crippen LogP contribution is 2.22. The first-order valence-corrected chi connectivity index (χ1v) is 13.7. The number of likely N-dealkylation sites (N-methyl/N-ethyl adjacent to an activating group) is 1. The van der Waals surface area contributed by atoms with Crippen LogP contribution in [-0.4, -0.2) is 83.5 Å². The molecule has 0 aliphatic carbocycles. The quantitative estimate of drug-likeness (QED) is 0.458. The minimum Gasteiger partial charge on any atom is -0.337 e. The number of aromatic nitrogens is 1. The molecule has 7 nitrogen and oxygen atoms in total. The number of nitrogens with zero attached hydrogens (tertiary/aromatic N) is 4. The van der Waals surface area contributed by atoms with Gasteiger partial charge in [0, 0.05) is 57.2 Å². The highest BCUT2D eigenvalue weighted by molar-refractivity contribution is 5.94. The van der Waals surface area contributed by atoms with E-state index in [-0.39, 0.29) is 18.0 Å². The SMILES string of the molecule is CN(C(=O)c1ccc(-c2cccnc2)cc1)[C@H]1CCN(C(=O)N2CC[C@H](NCCCc3ccccc3)C2)C1. The number of amides is 3. The Labute approximate surface area is 225 Å². The lowest BCUT2D eigenvalue weighted by atomic mass is 10.0. The predicted molar refractivity (Wildman–Crippen MR) is 150 cm³/mol. The molecule has 0 radical (unpaired) electrons. The van der Waals surface area contributed by atoms with Crippen molar-refractivity contribution in [1.82, 2.24) is 25.0 Å². The van der Waals surface area contributed by atoms with Crippen molar-refractivity contribution in [2.75, 3.05) is 39.8 Å². The van der Waals surface area contributed by atoms with Gasteiger partial charge in [-0.2, -0.15) is 0 Å². The maximum absolute atomic E-state index is 13.2. The van der Waals surface area contributed by atoms with Crippen LogP contribution in [0.2, 0.25) is 0 Å². The average Bonchev–Trinajstić information content (AvgIpc) is 3.66. The maximum atomic E-state index is 13.2. The van der Waals surface area contributed by atoms with Crippen LogP contribution in [-0.2, 0) is 6.42 Å². The standard InChI is InChI=1S/C31H37N5O2/c1-34(30(37)26-13-11-25(12-14-26)27-10-6-17-32-21-27)29-16-20-36(23-29)31(38)35-19-15-28(22-35)33-18-5-9-24-7-3-2-4-8-24/h2-4,6-8,10-14,17,21,28-29,33H,5,9,15-16,18-20,22-23H2,1H3/t28-,29-/m0/s1. The lowest BCUT2D eigenvalue weighted by Crippen LogP contribution is -2.45. The molecule has 2 fully saturated rings. The number of likely N-dealkylation sites (tertiary alicyclic amines) is 2. The van der Waals surface area contributed by atoms with Gasteiger partial charge >= 0.3 is 6.03 Å². The minimum atomic E-state index is -0.0111. The first-order chi connectivity index (χ1) is 18.6. The van der Waals surface area contributed by atoms with Crippen molar-refractivity contribution in [3.8, 4) is 11.1 Å². The van der Waals surface area contributed by atoms with Gasteiger partial charge in [0.2, 0.25) is 0 Å². The fraction of sp³-hybridized carbons (Fsp3) is 0.387. The van der Waals surface area contributed by atoms with Crippen LogP contribution in [0.25, 0.3) is 11.1 Å². The summed E-state index contributed by atoms with van der Waals surface area (Å²) in [5.74, 6) is -0.0111. The van der Waals surface area contributed by atoms with Gasteiger partial charge in [0.1, 0.15) is 0 Å². The van der Waals surface area contributed by atoms with Gasteiger partial charge in [0.15, 0.2) is 0 Å². The average molecular weight is 512 g/mol. The van der Waals surface area contributed by atoms with Crippen LogP contribution < -0.4 is 5.32 Å². The third kappa shape index (κ3) is 6.22. The first-order valence-electron chi connectivity index (χ1n) is 13.7. The van der Waals surface area contributed by atoms with Crippen molar-refractivity contribution < 1.29 is 9.59 Å². The second-order valence-electron chi connectivity index (χ2n) is 10.4. The van der Waals surface area contributed by atoms with Crippen molar-refractivity contribution >= 4 is 11.9 Å². The van der Waals surface area contributed by atoms with E-state index >= 15 is 0 Å². The number of benzene rings is 2. The van der Waals surface area contributed by atoms with Gasteiger partial charge in [-0.15, -0.1) is 0 Å². The zero-order valence-corrected chi connectivity index (χ0v) is 22.1. The van der Waals surface area contributed by atoms with Crippen LogP contribution in [0, 0.1) is 0 Å². The Balaban J connectivity index is 1.07. The third-order valence-corrected chi connectivity index (χ3v) is 7.81. The molecular weight excluding hydrogens is 474 g/mol. The fourth-order valence-corrected chi connectivity index (χ4v) is 5.48. The van der Waals surface area contributed by atoms with E-state index in [4.69, 9.17) is 0 Å². The Morgan fingerprint density at radius 3 is 2.45 bits per heavy atom. The van der Waals surface area contributed by atoms with E-state index in [0.29, 0.717) is 24.7 Å². The van der Waals surface area contributed by atoms with Gasteiger partial charge in [-0.25, -0.2) is 4.79 Å². The molecule has 2 aliphatic heterocycles. The van der Waals surface area contributed by atoms with Crippen LogP contribution in [0.15, 0.2) is 79.1 Å². The number of hydrogen-bond donors (Lipinski definition) is 1. The number of nitrogens with one attached hydrogen (secondary N) is 1. The second kappa shape index (κ2) is 12.2. The highest BCUT2D eigenvalue weighted by Gasteiger charge is 2.35. The molecule has 3 amide bonds. The number of pyridine rings is 1.